The number of nitrogens with one attached hydrogen (secondary N) is 1. The number of aromatic nitrogens is 2. The smallest absolute Gasteiger partial charge is 0.266 e. The maximum atomic E-state index is 12.7. The maximum absolute atomic E-state index is 12.7. The van der Waals surface area contributed by atoms with Gasteiger partial charge in [0, 0.05) is 54.4 Å². The van der Waals surface area contributed by atoms with Gasteiger partial charge in [-0.1, -0.05) is 18.2 Å². The predicted molar refractivity (Wildman–Crippen MR) is 170 cm³/mol. The molecule has 0 aliphatic carbocycles. The Morgan fingerprint density at radius 3 is 2.57 bits per heavy atom. The summed E-state index contributed by atoms with van der Waals surface area (Å²) in [4.78, 5) is 35.3. The van der Waals surface area contributed by atoms with Gasteiger partial charge < -0.3 is 18.9 Å². The number of carbonyl (C=O) groups excluding carboxylic acids is 2. The Hall–Kier alpha value is -4.16. The molecule has 4 heterocycles. The third-order valence-electron chi connectivity index (χ3n) is 7.39. The third kappa shape index (κ3) is 6.51. The van der Waals surface area contributed by atoms with Crippen LogP contribution in [0.5, 0.6) is 23.0 Å². The average Bonchev–Trinajstić information content (AvgIpc) is 3.75. The van der Waals surface area contributed by atoms with Crippen molar-refractivity contribution in [1.29, 1.82) is 0 Å². The molecule has 1 N–H and O–H groups in total. The van der Waals surface area contributed by atoms with Crippen molar-refractivity contribution in [1.82, 2.24) is 9.97 Å². The fraction of sp³-hybridized carbons (Fsp3) is 0.375. The summed E-state index contributed by atoms with van der Waals surface area (Å²) in [5, 5.41) is 7.64. The molecule has 0 radical (unpaired) electrons. The van der Waals surface area contributed by atoms with Gasteiger partial charge in [-0.3, -0.25) is 19.8 Å². The summed E-state index contributed by atoms with van der Waals surface area (Å²) >= 11 is 2.76. The number of hydrogen-bond acceptors (Lipinski definition) is 10. The standard InChI is InChI=1S/C32H34N4O6S2/c1-19-18-44-29(34-19)35-25(37)16-39-24-12-20(11-22-14-31(2,3)41-28(22)24)13-32(4)15-21-7-6-8-23(27(21)42-32)40-17-26(38)36(5)30-33-9-10-43-30/h6-12,18H,13-17H2,1-5H3,(H,34,35,37). The lowest BCUT2D eigenvalue weighted by Gasteiger charge is -2.25. The second kappa shape index (κ2) is 11.7. The van der Waals surface area contributed by atoms with E-state index in [-0.39, 0.29) is 30.6 Å². The van der Waals surface area contributed by atoms with Gasteiger partial charge in [0.25, 0.3) is 11.8 Å². The Kier molecular flexibility index (Phi) is 7.97. The first-order valence-electron chi connectivity index (χ1n) is 14.3. The molecule has 2 aliphatic rings. The number of thiazole rings is 2. The first-order valence-corrected chi connectivity index (χ1v) is 16.0. The summed E-state index contributed by atoms with van der Waals surface area (Å²) in [7, 11) is 1.68. The summed E-state index contributed by atoms with van der Waals surface area (Å²) < 4.78 is 24.8. The minimum Gasteiger partial charge on any atom is -0.483 e. The van der Waals surface area contributed by atoms with Gasteiger partial charge in [-0.15, -0.1) is 22.7 Å². The van der Waals surface area contributed by atoms with E-state index < -0.39 is 5.60 Å². The van der Waals surface area contributed by atoms with Crippen LogP contribution in [0.1, 0.15) is 43.2 Å². The molecule has 0 spiro atoms. The van der Waals surface area contributed by atoms with E-state index in [2.05, 4.69) is 28.3 Å². The highest BCUT2D eigenvalue weighted by atomic mass is 32.1. The van der Waals surface area contributed by atoms with Crippen molar-refractivity contribution >= 4 is 44.8 Å². The van der Waals surface area contributed by atoms with Crippen molar-refractivity contribution in [2.24, 2.45) is 0 Å². The Morgan fingerprint density at radius 1 is 1.02 bits per heavy atom. The molecule has 2 aromatic heterocycles. The maximum Gasteiger partial charge on any atom is 0.266 e. The van der Waals surface area contributed by atoms with Crippen LogP contribution in [-0.2, 0) is 28.9 Å². The van der Waals surface area contributed by atoms with Crippen LogP contribution in [0.3, 0.4) is 0 Å². The van der Waals surface area contributed by atoms with Gasteiger partial charge in [0.15, 0.2) is 46.5 Å². The highest BCUT2D eigenvalue weighted by Gasteiger charge is 2.39. The number of amides is 2. The molecule has 2 amide bonds. The topological polar surface area (TPSA) is 112 Å². The van der Waals surface area contributed by atoms with Crippen LogP contribution in [0.2, 0.25) is 0 Å². The molecule has 230 valence electrons. The highest BCUT2D eigenvalue weighted by molar-refractivity contribution is 7.14. The number of benzene rings is 2. The number of nitrogens with zero attached hydrogens (tertiary/aromatic N) is 3. The molecular weight excluding hydrogens is 601 g/mol. The third-order valence-corrected chi connectivity index (χ3v) is 9.12. The lowest BCUT2D eigenvalue weighted by atomic mass is 9.90. The Bertz CT molecular complexity index is 1700. The first kappa shape index (κ1) is 29.9. The Labute approximate surface area is 264 Å². The number of aryl methyl sites for hydroxylation is 1. The van der Waals surface area contributed by atoms with Crippen LogP contribution >= 0.6 is 22.7 Å². The van der Waals surface area contributed by atoms with Gasteiger partial charge in [-0.2, -0.15) is 0 Å². The van der Waals surface area contributed by atoms with Crippen LogP contribution in [0.15, 0.2) is 47.3 Å². The van der Waals surface area contributed by atoms with Crippen molar-refractivity contribution in [2.45, 2.75) is 58.2 Å². The van der Waals surface area contributed by atoms with Crippen LogP contribution in [-0.4, -0.2) is 53.2 Å². The second-order valence-corrected chi connectivity index (χ2v) is 13.7. The molecule has 44 heavy (non-hydrogen) atoms. The molecule has 6 rings (SSSR count). The molecule has 0 saturated heterocycles. The zero-order valence-corrected chi connectivity index (χ0v) is 26.9. The zero-order valence-electron chi connectivity index (χ0n) is 25.3. The Morgan fingerprint density at radius 2 is 1.82 bits per heavy atom. The molecular formula is C32H34N4O6S2. The molecule has 1 atom stereocenters. The number of anilines is 2. The van der Waals surface area contributed by atoms with E-state index in [4.69, 9.17) is 18.9 Å². The quantitative estimate of drug-likeness (QED) is 0.239. The lowest BCUT2D eigenvalue weighted by Crippen LogP contribution is -2.33. The summed E-state index contributed by atoms with van der Waals surface area (Å²) in [5.41, 5.74) is 2.95. The summed E-state index contributed by atoms with van der Waals surface area (Å²) in [6, 6.07) is 9.82. The van der Waals surface area contributed by atoms with Gasteiger partial charge in [-0.25, -0.2) is 9.97 Å². The minimum absolute atomic E-state index is 0.135. The van der Waals surface area contributed by atoms with Gasteiger partial charge in [0.2, 0.25) is 0 Å². The summed E-state index contributed by atoms with van der Waals surface area (Å²) in [6.07, 6.45) is 3.63. The molecule has 2 aliphatic heterocycles. The SMILES string of the molecule is Cc1csc(NC(=O)COc2cc(CC3(C)Cc4cccc(OCC(=O)N(C)c5nccs5)c4O3)cc3c2OC(C)(C)C3)n1. The normalized spacial score (nSPS) is 17.7. The monoisotopic (exact) mass is 634 g/mol. The van der Waals surface area contributed by atoms with Crippen molar-refractivity contribution in [3.05, 3.63) is 69.7 Å². The largest absolute Gasteiger partial charge is 0.483 e. The molecule has 12 heteroatoms. The summed E-state index contributed by atoms with van der Waals surface area (Å²) in [5.74, 6) is 1.88. The molecule has 0 bridgehead atoms. The molecule has 4 aromatic rings. The lowest BCUT2D eigenvalue weighted by molar-refractivity contribution is -0.120. The van der Waals surface area contributed by atoms with Crippen molar-refractivity contribution < 1.29 is 28.5 Å². The van der Waals surface area contributed by atoms with Crippen LogP contribution in [0.25, 0.3) is 0 Å². The first-order chi connectivity index (χ1) is 21.0. The van der Waals surface area contributed by atoms with Crippen LogP contribution in [0.4, 0.5) is 10.3 Å². The minimum atomic E-state index is -0.565. The molecule has 0 fully saturated rings. The average molecular weight is 635 g/mol. The van der Waals surface area contributed by atoms with E-state index in [0.717, 1.165) is 28.8 Å². The van der Waals surface area contributed by atoms with Crippen LogP contribution in [0, 0.1) is 6.92 Å². The molecule has 2 aromatic carbocycles. The van der Waals surface area contributed by atoms with Gasteiger partial charge in [0.05, 0.1) is 5.69 Å². The van der Waals surface area contributed by atoms with Crippen molar-refractivity contribution in [2.75, 3.05) is 30.5 Å². The number of hydrogen-bond donors (Lipinski definition) is 1. The van der Waals surface area contributed by atoms with E-state index in [9.17, 15) is 9.59 Å². The van der Waals surface area contributed by atoms with Gasteiger partial charge >= 0.3 is 0 Å². The van der Waals surface area contributed by atoms with E-state index in [1.54, 1.807) is 13.2 Å². The van der Waals surface area contributed by atoms with E-state index in [0.29, 0.717) is 46.1 Å². The number of rotatable bonds is 10. The van der Waals surface area contributed by atoms with Gasteiger partial charge in [0.1, 0.15) is 11.2 Å². The van der Waals surface area contributed by atoms with Crippen LogP contribution < -0.4 is 29.2 Å². The van der Waals surface area contributed by atoms with E-state index >= 15 is 0 Å². The number of likely N-dealkylation sites (N-methyl/N-ethyl adjacent to an activating group) is 1. The predicted octanol–water partition coefficient (Wildman–Crippen LogP) is 5.62. The molecule has 0 saturated carbocycles. The molecule has 10 nitrogen and oxygen atoms in total. The second-order valence-electron chi connectivity index (χ2n) is 12.0. The number of ether oxygens (including phenoxy) is 4. The fourth-order valence-electron chi connectivity index (χ4n) is 5.53. The van der Waals surface area contributed by atoms with Gasteiger partial charge in [-0.05, 0) is 45.4 Å². The van der Waals surface area contributed by atoms with Crippen molar-refractivity contribution in [3.8, 4) is 23.0 Å². The summed E-state index contributed by atoms with van der Waals surface area (Å²) in [6.45, 7) is 7.71. The number of para-hydroxylation sites is 1. The number of fused-ring (bicyclic) bond motifs is 2. The zero-order chi connectivity index (χ0) is 31.1. The van der Waals surface area contributed by atoms with E-state index in [1.165, 1.54) is 27.6 Å². The number of carbonyl (C=O) groups is 2. The Balaban J connectivity index is 1.15. The highest BCUT2D eigenvalue weighted by Crippen LogP contribution is 2.46. The molecule has 1 unspecified atom stereocenters. The fourth-order valence-corrected chi connectivity index (χ4v) is 6.86. The van der Waals surface area contributed by atoms with Crippen molar-refractivity contribution in [3.63, 3.8) is 0 Å². The van der Waals surface area contributed by atoms with E-state index in [1.807, 2.05) is 55.8 Å².